The molecule has 5 heteroatoms. The monoisotopic (exact) mass is 394 g/mol. The number of aryl methyl sites for hydroxylation is 1. The Morgan fingerprint density at radius 2 is 1.86 bits per heavy atom. The van der Waals surface area contributed by atoms with Gasteiger partial charge in [0.2, 0.25) is 11.8 Å². The first-order valence-corrected chi connectivity index (χ1v) is 10.2. The van der Waals surface area contributed by atoms with Crippen molar-refractivity contribution in [1.82, 2.24) is 5.32 Å². The molecule has 5 nitrogen and oxygen atoms in total. The summed E-state index contributed by atoms with van der Waals surface area (Å²) in [5.74, 6) is 0.550. The second kappa shape index (κ2) is 9.12. The molecule has 0 aromatic heterocycles. The van der Waals surface area contributed by atoms with E-state index < -0.39 is 5.41 Å². The van der Waals surface area contributed by atoms with Gasteiger partial charge >= 0.3 is 0 Å². The molecule has 1 atom stereocenters. The van der Waals surface area contributed by atoms with Gasteiger partial charge in [0.05, 0.1) is 5.92 Å². The fourth-order valence-electron chi connectivity index (χ4n) is 3.25. The van der Waals surface area contributed by atoms with Crippen molar-refractivity contribution in [3.05, 3.63) is 59.7 Å². The van der Waals surface area contributed by atoms with Crippen LogP contribution in [0.1, 0.15) is 38.3 Å². The van der Waals surface area contributed by atoms with Crippen LogP contribution in [0.15, 0.2) is 48.5 Å². The smallest absolute Gasteiger partial charge is 0.229 e. The quantitative estimate of drug-likeness (QED) is 0.729. The maximum Gasteiger partial charge on any atom is 0.229 e. The van der Waals surface area contributed by atoms with E-state index in [1.165, 1.54) is 5.56 Å². The van der Waals surface area contributed by atoms with E-state index in [9.17, 15) is 9.59 Å². The molecular formula is C24H30N2O3. The molecule has 29 heavy (non-hydrogen) atoms. The molecule has 1 aliphatic heterocycles. The Morgan fingerprint density at radius 1 is 1.10 bits per heavy atom. The number of fused-ring (bicyclic) bond motifs is 1. The van der Waals surface area contributed by atoms with Crippen molar-refractivity contribution in [3.63, 3.8) is 0 Å². The van der Waals surface area contributed by atoms with Crippen LogP contribution in [-0.4, -0.2) is 25.0 Å². The van der Waals surface area contributed by atoms with Crippen molar-refractivity contribution in [1.29, 1.82) is 0 Å². The molecule has 2 aromatic carbocycles. The van der Waals surface area contributed by atoms with Crippen molar-refractivity contribution in [2.75, 3.05) is 18.5 Å². The number of amides is 2. The summed E-state index contributed by atoms with van der Waals surface area (Å²) < 4.78 is 5.79. The van der Waals surface area contributed by atoms with Crippen LogP contribution in [0.25, 0.3) is 0 Å². The molecule has 2 aromatic rings. The number of rotatable bonds is 6. The fourth-order valence-corrected chi connectivity index (χ4v) is 3.25. The molecule has 0 fully saturated rings. The Morgan fingerprint density at radius 3 is 2.59 bits per heavy atom. The summed E-state index contributed by atoms with van der Waals surface area (Å²) in [6.07, 6.45) is 2.46. The van der Waals surface area contributed by atoms with E-state index in [2.05, 4.69) is 22.8 Å². The van der Waals surface area contributed by atoms with E-state index in [0.29, 0.717) is 19.6 Å². The molecule has 3 rings (SSSR count). The van der Waals surface area contributed by atoms with Crippen molar-refractivity contribution in [2.24, 2.45) is 11.3 Å². The van der Waals surface area contributed by atoms with E-state index in [-0.39, 0.29) is 17.7 Å². The summed E-state index contributed by atoms with van der Waals surface area (Å²) >= 11 is 0. The number of nitrogens with one attached hydrogen (secondary N) is 2. The van der Waals surface area contributed by atoms with Crippen LogP contribution in [-0.2, 0) is 22.4 Å². The third kappa shape index (κ3) is 5.83. The molecule has 0 aliphatic carbocycles. The lowest BCUT2D eigenvalue weighted by Gasteiger charge is -2.25. The molecule has 2 N–H and O–H groups in total. The highest BCUT2D eigenvalue weighted by atomic mass is 16.5. The molecule has 0 saturated carbocycles. The van der Waals surface area contributed by atoms with Gasteiger partial charge in [0.1, 0.15) is 12.4 Å². The second-order valence-corrected chi connectivity index (χ2v) is 8.62. The largest absolute Gasteiger partial charge is 0.492 e. The third-order valence-corrected chi connectivity index (χ3v) is 5.06. The Kier molecular flexibility index (Phi) is 6.57. The highest BCUT2D eigenvalue weighted by molar-refractivity contribution is 5.94. The minimum absolute atomic E-state index is 0.0211. The summed E-state index contributed by atoms with van der Waals surface area (Å²) in [7, 11) is 0. The average Bonchev–Trinajstić information content (AvgIpc) is 2.70. The molecule has 0 bridgehead atoms. The molecule has 0 saturated heterocycles. The lowest BCUT2D eigenvalue weighted by Crippen LogP contribution is -2.38. The summed E-state index contributed by atoms with van der Waals surface area (Å²) in [6.45, 7) is 6.66. The number of carbonyl (C=O) groups excluding carboxylic acids is 2. The van der Waals surface area contributed by atoms with Gasteiger partial charge in [-0.2, -0.15) is 0 Å². The van der Waals surface area contributed by atoms with Crippen LogP contribution < -0.4 is 15.4 Å². The summed E-state index contributed by atoms with van der Waals surface area (Å²) in [5.41, 5.74) is 2.50. The van der Waals surface area contributed by atoms with Gasteiger partial charge in [-0.15, -0.1) is 0 Å². The zero-order valence-electron chi connectivity index (χ0n) is 17.5. The normalized spacial score (nSPS) is 15.8. The maximum absolute atomic E-state index is 12.6. The van der Waals surface area contributed by atoms with Crippen molar-refractivity contribution in [3.8, 4) is 5.75 Å². The topological polar surface area (TPSA) is 67.4 Å². The number of anilines is 1. The molecule has 0 spiro atoms. The highest BCUT2D eigenvalue weighted by Crippen LogP contribution is 2.30. The molecule has 0 radical (unpaired) electrons. The molecule has 2 amide bonds. The van der Waals surface area contributed by atoms with Crippen molar-refractivity contribution >= 4 is 17.5 Å². The number of ether oxygens (including phenoxy) is 1. The lowest BCUT2D eigenvalue weighted by molar-refractivity contribution is -0.126. The van der Waals surface area contributed by atoms with Gasteiger partial charge in [-0.25, -0.2) is 0 Å². The Balaban J connectivity index is 1.52. The van der Waals surface area contributed by atoms with Gasteiger partial charge in [0.15, 0.2) is 0 Å². The highest BCUT2D eigenvalue weighted by Gasteiger charge is 2.27. The molecule has 154 valence electrons. The second-order valence-electron chi connectivity index (χ2n) is 8.62. The average molecular weight is 395 g/mol. The third-order valence-electron chi connectivity index (χ3n) is 5.06. The van der Waals surface area contributed by atoms with Gasteiger partial charge in [0.25, 0.3) is 0 Å². The Bertz CT molecular complexity index is 856. The van der Waals surface area contributed by atoms with E-state index in [0.717, 1.165) is 29.8 Å². The predicted molar refractivity (Wildman–Crippen MR) is 115 cm³/mol. The van der Waals surface area contributed by atoms with Crippen LogP contribution >= 0.6 is 0 Å². The van der Waals surface area contributed by atoms with Gasteiger partial charge in [-0.3, -0.25) is 9.59 Å². The first-order valence-electron chi connectivity index (χ1n) is 10.2. The summed E-state index contributed by atoms with van der Waals surface area (Å²) in [5, 5.41) is 5.97. The number of hydrogen-bond acceptors (Lipinski definition) is 3. The minimum atomic E-state index is -0.464. The zero-order chi connectivity index (χ0) is 20.9. The van der Waals surface area contributed by atoms with Gasteiger partial charge in [-0.05, 0) is 48.6 Å². The SMILES string of the molecule is CC(C)(C)C(=O)Nc1ccc2c(c1)C[C@@H](C(=O)NCCCc1ccccc1)CO2. The van der Waals surface area contributed by atoms with Gasteiger partial charge in [0, 0.05) is 17.6 Å². The maximum atomic E-state index is 12.6. The van der Waals surface area contributed by atoms with Crippen molar-refractivity contribution in [2.45, 2.75) is 40.0 Å². The molecule has 0 unspecified atom stereocenters. The van der Waals surface area contributed by atoms with Crippen LogP contribution in [0.5, 0.6) is 5.75 Å². The number of hydrogen-bond donors (Lipinski definition) is 2. The van der Waals surface area contributed by atoms with Crippen LogP contribution in [0.3, 0.4) is 0 Å². The van der Waals surface area contributed by atoms with E-state index in [4.69, 9.17) is 4.74 Å². The first-order chi connectivity index (χ1) is 13.8. The van der Waals surface area contributed by atoms with Crippen LogP contribution in [0, 0.1) is 11.3 Å². The number of carbonyl (C=O) groups is 2. The van der Waals surface area contributed by atoms with E-state index in [1.807, 2.05) is 57.2 Å². The van der Waals surface area contributed by atoms with E-state index >= 15 is 0 Å². The Hall–Kier alpha value is -2.82. The molecule has 1 aliphatic rings. The fraction of sp³-hybridized carbons (Fsp3) is 0.417. The van der Waals surface area contributed by atoms with Gasteiger partial charge < -0.3 is 15.4 Å². The van der Waals surface area contributed by atoms with E-state index in [1.54, 1.807) is 0 Å². The van der Waals surface area contributed by atoms with Crippen molar-refractivity contribution < 1.29 is 14.3 Å². The predicted octanol–water partition coefficient (Wildman–Crippen LogP) is 3.97. The first kappa shape index (κ1) is 20.9. The molecular weight excluding hydrogens is 364 g/mol. The number of benzene rings is 2. The standard InChI is InChI=1S/C24H30N2O3/c1-24(2,3)23(28)26-20-11-12-21-18(15-20)14-19(16-29-21)22(27)25-13-7-10-17-8-5-4-6-9-17/h4-6,8-9,11-12,15,19H,7,10,13-14,16H2,1-3H3,(H,25,27)(H,26,28)/t19-/m1/s1. The summed E-state index contributed by atoms with van der Waals surface area (Å²) in [6, 6.07) is 15.9. The minimum Gasteiger partial charge on any atom is -0.492 e. The van der Waals surface area contributed by atoms with Gasteiger partial charge in [-0.1, -0.05) is 51.1 Å². The lowest BCUT2D eigenvalue weighted by atomic mass is 9.94. The van der Waals surface area contributed by atoms with Crippen LogP contribution in [0.2, 0.25) is 0 Å². The Labute approximate surface area is 172 Å². The zero-order valence-corrected chi connectivity index (χ0v) is 17.5. The van der Waals surface area contributed by atoms with Crippen LogP contribution in [0.4, 0.5) is 5.69 Å². The molecule has 1 heterocycles. The summed E-state index contributed by atoms with van der Waals surface area (Å²) in [4.78, 5) is 24.8.